The molecule has 0 amide bonds. The molecular formula is C14H30N2O. The fourth-order valence-corrected chi connectivity index (χ4v) is 3.19. The van der Waals surface area contributed by atoms with Crippen LogP contribution in [0.3, 0.4) is 0 Å². The Morgan fingerprint density at radius 1 is 1.24 bits per heavy atom. The van der Waals surface area contributed by atoms with Gasteiger partial charge in [-0.2, -0.15) is 0 Å². The van der Waals surface area contributed by atoms with E-state index in [-0.39, 0.29) is 11.1 Å². The van der Waals surface area contributed by atoms with Crippen molar-refractivity contribution in [3.63, 3.8) is 0 Å². The van der Waals surface area contributed by atoms with Crippen molar-refractivity contribution >= 4 is 0 Å². The van der Waals surface area contributed by atoms with Crippen molar-refractivity contribution < 1.29 is 4.74 Å². The molecule has 2 N–H and O–H groups in total. The van der Waals surface area contributed by atoms with Crippen LogP contribution in [0, 0.1) is 0 Å². The summed E-state index contributed by atoms with van der Waals surface area (Å²) in [7, 11) is 0. The second-order valence-corrected chi connectivity index (χ2v) is 6.73. The highest BCUT2D eigenvalue weighted by atomic mass is 16.5. The quantitative estimate of drug-likeness (QED) is 0.776. The van der Waals surface area contributed by atoms with E-state index in [4.69, 9.17) is 4.74 Å². The second-order valence-electron chi connectivity index (χ2n) is 6.73. The molecule has 1 atom stereocenters. The third-order valence-electron chi connectivity index (χ3n) is 3.28. The van der Waals surface area contributed by atoms with Gasteiger partial charge in [0.1, 0.15) is 0 Å². The van der Waals surface area contributed by atoms with E-state index in [1.165, 1.54) is 12.8 Å². The SMILES string of the molecule is CCOCC(C)NC1CC(C)(C)NC(C)(C)C1. The molecule has 1 aliphatic heterocycles. The maximum absolute atomic E-state index is 5.46. The molecule has 1 rings (SSSR count). The van der Waals surface area contributed by atoms with Gasteiger partial charge in [-0.15, -0.1) is 0 Å². The van der Waals surface area contributed by atoms with Gasteiger partial charge in [-0.05, 0) is 54.4 Å². The van der Waals surface area contributed by atoms with Crippen LogP contribution in [0.25, 0.3) is 0 Å². The molecule has 1 aliphatic rings. The average molecular weight is 242 g/mol. The summed E-state index contributed by atoms with van der Waals surface area (Å²) in [4.78, 5) is 0. The van der Waals surface area contributed by atoms with Crippen LogP contribution < -0.4 is 10.6 Å². The van der Waals surface area contributed by atoms with Crippen molar-refractivity contribution in [2.75, 3.05) is 13.2 Å². The van der Waals surface area contributed by atoms with Gasteiger partial charge in [0, 0.05) is 29.8 Å². The minimum atomic E-state index is 0.213. The van der Waals surface area contributed by atoms with Crippen molar-refractivity contribution in [2.45, 2.75) is 77.5 Å². The lowest BCUT2D eigenvalue weighted by Gasteiger charge is -2.47. The molecule has 0 aromatic rings. The van der Waals surface area contributed by atoms with Gasteiger partial charge >= 0.3 is 0 Å². The van der Waals surface area contributed by atoms with E-state index >= 15 is 0 Å². The Bertz CT molecular complexity index is 222. The number of piperidine rings is 1. The van der Waals surface area contributed by atoms with E-state index in [1.807, 2.05) is 6.92 Å². The number of hydrogen-bond acceptors (Lipinski definition) is 3. The van der Waals surface area contributed by atoms with Crippen molar-refractivity contribution in [3.05, 3.63) is 0 Å². The van der Waals surface area contributed by atoms with Gasteiger partial charge in [-0.25, -0.2) is 0 Å². The normalized spacial score (nSPS) is 25.8. The Morgan fingerprint density at radius 3 is 2.24 bits per heavy atom. The average Bonchev–Trinajstić information content (AvgIpc) is 2.09. The van der Waals surface area contributed by atoms with E-state index in [9.17, 15) is 0 Å². The molecule has 0 aromatic heterocycles. The lowest BCUT2D eigenvalue weighted by molar-refractivity contribution is 0.101. The van der Waals surface area contributed by atoms with Gasteiger partial charge in [0.15, 0.2) is 0 Å². The second kappa shape index (κ2) is 5.68. The topological polar surface area (TPSA) is 33.3 Å². The van der Waals surface area contributed by atoms with Crippen molar-refractivity contribution in [1.82, 2.24) is 10.6 Å². The number of rotatable bonds is 5. The van der Waals surface area contributed by atoms with Gasteiger partial charge in [0.2, 0.25) is 0 Å². The minimum Gasteiger partial charge on any atom is -0.380 e. The molecule has 1 saturated heterocycles. The minimum absolute atomic E-state index is 0.213. The summed E-state index contributed by atoms with van der Waals surface area (Å²) in [6.07, 6.45) is 2.35. The van der Waals surface area contributed by atoms with Gasteiger partial charge in [-0.1, -0.05) is 0 Å². The standard InChI is InChI=1S/C14H30N2O/c1-7-17-10-11(2)15-12-8-13(3,4)16-14(5,6)9-12/h11-12,15-16H,7-10H2,1-6H3. The molecule has 1 fully saturated rings. The molecule has 3 heteroatoms. The molecule has 1 unspecified atom stereocenters. The first-order valence-electron chi connectivity index (χ1n) is 6.87. The molecule has 0 radical (unpaired) electrons. The van der Waals surface area contributed by atoms with Crippen molar-refractivity contribution in [1.29, 1.82) is 0 Å². The molecule has 0 saturated carbocycles. The monoisotopic (exact) mass is 242 g/mol. The molecule has 102 valence electrons. The summed E-state index contributed by atoms with van der Waals surface area (Å²) < 4.78 is 5.46. The highest BCUT2D eigenvalue weighted by Crippen LogP contribution is 2.28. The van der Waals surface area contributed by atoms with E-state index < -0.39 is 0 Å². The third kappa shape index (κ3) is 5.36. The first-order valence-corrected chi connectivity index (χ1v) is 6.87. The van der Waals surface area contributed by atoms with Gasteiger partial charge < -0.3 is 15.4 Å². The van der Waals surface area contributed by atoms with Crippen molar-refractivity contribution in [3.8, 4) is 0 Å². The Kier molecular flexibility index (Phi) is 4.99. The molecular weight excluding hydrogens is 212 g/mol. The summed E-state index contributed by atoms with van der Waals surface area (Å²) in [5.74, 6) is 0. The maximum Gasteiger partial charge on any atom is 0.0616 e. The van der Waals surface area contributed by atoms with Gasteiger partial charge in [-0.3, -0.25) is 0 Å². The van der Waals surface area contributed by atoms with E-state index in [2.05, 4.69) is 45.3 Å². The Balaban J connectivity index is 2.47. The fourth-order valence-electron chi connectivity index (χ4n) is 3.19. The molecule has 0 spiro atoms. The van der Waals surface area contributed by atoms with Crippen LogP contribution in [0.5, 0.6) is 0 Å². The molecule has 0 aliphatic carbocycles. The van der Waals surface area contributed by atoms with Crippen LogP contribution in [0.15, 0.2) is 0 Å². The molecule has 0 aromatic carbocycles. The smallest absolute Gasteiger partial charge is 0.0616 e. The van der Waals surface area contributed by atoms with Crippen LogP contribution >= 0.6 is 0 Å². The van der Waals surface area contributed by atoms with Gasteiger partial charge in [0.25, 0.3) is 0 Å². The Morgan fingerprint density at radius 2 is 1.76 bits per heavy atom. The molecule has 0 bridgehead atoms. The summed E-state index contributed by atoms with van der Waals surface area (Å²) in [6, 6.07) is 1.02. The predicted octanol–water partition coefficient (Wildman–Crippen LogP) is 2.31. The molecule has 1 heterocycles. The van der Waals surface area contributed by atoms with E-state index in [0.717, 1.165) is 13.2 Å². The van der Waals surface area contributed by atoms with Crippen LogP contribution in [0.1, 0.15) is 54.4 Å². The summed E-state index contributed by atoms with van der Waals surface area (Å²) in [5.41, 5.74) is 0.426. The summed E-state index contributed by atoms with van der Waals surface area (Å²) in [5, 5.41) is 7.41. The van der Waals surface area contributed by atoms with Gasteiger partial charge in [0.05, 0.1) is 6.61 Å². The zero-order valence-corrected chi connectivity index (χ0v) is 12.4. The van der Waals surface area contributed by atoms with E-state index in [1.54, 1.807) is 0 Å². The highest BCUT2D eigenvalue weighted by molar-refractivity contribution is 4.99. The Labute approximate surface area is 107 Å². The highest BCUT2D eigenvalue weighted by Gasteiger charge is 2.37. The van der Waals surface area contributed by atoms with Crippen LogP contribution in [-0.2, 0) is 4.74 Å². The lowest BCUT2D eigenvalue weighted by Crippen LogP contribution is -2.62. The Hall–Kier alpha value is -0.120. The first kappa shape index (κ1) is 14.9. The summed E-state index contributed by atoms with van der Waals surface area (Å²) in [6.45, 7) is 15.0. The van der Waals surface area contributed by atoms with Crippen LogP contribution in [0.2, 0.25) is 0 Å². The fraction of sp³-hybridized carbons (Fsp3) is 1.00. The third-order valence-corrected chi connectivity index (χ3v) is 3.28. The van der Waals surface area contributed by atoms with Crippen LogP contribution in [0.4, 0.5) is 0 Å². The number of ether oxygens (including phenoxy) is 1. The molecule has 17 heavy (non-hydrogen) atoms. The zero-order valence-electron chi connectivity index (χ0n) is 12.4. The van der Waals surface area contributed by atoms with Crippen LogP contribution in [-0.4, -0.2) is 36.4 Å². The number of nitrogens with one attached hydrogen (secondary N) is 2. The first-order chi connectivity index (χ1) is 7.74. The van der Waals surface area contributed by atoms with Crippen molar-refractivity contribution in [2.24, 2.45) is 0 Å². The maximum atomic E-state index is 5.46. The lowest BCUT2D eigenvalue weighted by atomic mass is 9.79. The molecule has 3 nitrogen and oxygen atoms in total. The predicted molar refractivity (Wildman–Crippen MR) is 73.4 cm³/mol. The zero-order chi connectivity index (χ0) is 13.1. The summed E-state index contributed by atoms with van der Waals surface area (Å²) >= 11 is 0. The van der Waals surface area contributed by atoms with E-state index in [0.29, 0.717) is 12.1 Å². The largest absolute Gasteiger partial charge is 0.380 e. The number of hydrogen-bond donors (Lipinski definition) is 2.